The Hall–Kier alpha value is -2.96. The van der Waals surface area contributed by atoms with Crippen LogP contribution >= 0.6 is 11.6 Å². The quantitative estimate of drug-likeness (QED) is 0.436. The Kier molecular flexibility index (Phi) is 10.1. The van der Waals surface area contributed by atoms with Crippen molar-refractivity contribution in [3.05, 3.63) is 77.1 Å². The summed E-state index contributed by atoms with van der Waals surface area (Å²) >= 11 is 6.16. The van der Waals surface area contributed by atoms with E-state index in [4.69, 9.17) is 22.1 Å². The molecular weight excluding hydrogens is 424 g/mol. The predicted molar refractivity (Wildman–Crippen MR) is 131 cm³/mol. The first-order valence-corrected chi connectivity index (χ1v) is 11.0. The zero-order valence-corrected chi connectivity index (χ0v) is 19.8. The molecule has 0 saturated heterocycles. The maximum atomic E-state index is 11.0. The molecule has 0 spiro atoms. The molecule has 170 valence electrons. The Morgan fingerprint density at radius 1 is 1.12 bits per heavy atom. The van der Waals surface area contributed by atoms with E-state index in [1.165, 1.54) is 12.6 Å². The lowest BCUT2D eigenvalue weighted by Crippen LogP contribution is -2.27. The van der Waals surface area contributed by atoms with Crippen LogP contribution in [0.25, 0.3) is 0 Å². The molecular formula is C25H31ClN4O2. The largest absolute Gasteiger partial charge is 0.424 e. The molecule has 0 unspecified atom stereocenters. The molecule has 1 heterocycles. The van der Waals surface area contributed by atoms with Crippen molar-refractivity contribution in [2.45, 2.75) is 34.2 Å². The molecule has 7 heteroatoms. The van der Waals surface area contributed by atoms with Crippen molar-refractivity contribution in [2.24, 2.45) is 11.7 Å². The van der Waals surface area contributed by atoms with Gasteiger partial charge in [-0.05, 0) is 67.8 Å². The summed E-state index contributed by atoms with van der Waals surface area (Å²) in [5.41, 5.74) is 8.43. The monoisotopic (exact) mass is 454 g/mol. The number of carbonyl (C=O) groups excluding carboxylic acids is 1. The molecule has 1 aromatic heterocycles. The van der Waals surface area contributed by atoms with E-state index in [-0.39, 0.29) is 11.8 Å². The van der Waals surface area contributed by atoms with Gasteiger partial charge in [-0.1, -0.05) is 31.5 Å². The molecule has 2 N–H and O–H groups in total. The van der Waals surface area contributed by atoms with Crippen molar-refractivity contribution < 1.29 is 9.53 Å². The Balaban J connectivity index is 0.000000227. The van der Waals surface area contributed by atoms with Crippen LogP contribution in [-0.2, 0) is 6.54 Å². The molecule has 3 aromatic rings. The van der Waals surface area contributed by atoms with Gasteiger partial charge in [0.15, 0.2) is 5.78 Å². The molecule has 0 fully saturated rings. The maximum Gasteiger partial charge on any atom is 0.321 e. The molecule has 0 radical (unpaired) electrons. The molecule has 0 saturated carbocycles. The van der Waals surface area contributed by atoms with E-state index in [1.807, 2.05) is 12.1 Å². The number of halogens is 1. The first-order valence-electron chi connectivity index (χ1n) is 10.6. The van der Waals surface area contributed by atoms with Crippen LogP contribution in [0.4, 0.5) is 5.69 Å². The second kappa shape index (κ2) is 12.8. The smallest absolute Gasteiger partial charge is 0.321 e. The molecule has 0 atom stereocenters. The summed E-state index contributed by atoms with van der Waals surface area (Å²) in [5.74, 6) is 1.28. The highest BCUT2D eigenvalue weighted by Crippen LogP contribution is 2.24. The van der Waals surface area contributed by atoms with Gasteiger partial charge in [-0.25, -0.2) is 9.97 Å². The van der Waals surface area contributed by atoms with Crippen LogP contribution in [0.1, 0.15) is 43.6 Å². The number of rotatable bonds is 8. The molecule has 0 aliphatic heterocycles. The average molecular weight is 455 g/mol. The van der Waals surface area contributed by atoms with Gasteiger partial charge in [-0.15, -0.1) is 0 Å². The number of anilines is 1. The average Bonchev–Trinajstić information content (AvgIpc) is 2.79. The topological polar surface area (TPSA) is 81.3 Å². The third kappa shape index (κ3) is 7.94. The number of ether oxygens (including phenoxy) is 1. The zero-order chi connectivity index (χ0) is 23.5. The normalized spacial score (nSPS) is 10.3. The predicted octanol–water partition coefficient (Wildman–Crippen LogP) is 5.75. The van der Waals surface area contributed by atoms with Crippen molar-refractivity contribution in [1.29, 1.82) is 0 Å². The fourth-order valence-corrected chi connectivity index (χ4v) is 3.21. The summed E-state index contributed by atoms with van der Waals surface area (Å²) in [5, 5.41) is 0.766. The fraction of sp³-hybridized carbons (Fsp3) is 0.320. The maximum absolute atomic E-state index is 11.0. The molecule has 2 aromatic carbocycles. The number of aromatic nitrogens is 2. The molecule has 0 aliphatic carbocycles. The highest BCUT2D eigenvalue weighted by atomic mass is 35.5. The molecule has 0 aliphatic rings. The van der Waals surface area contributed by atoms with Crippen LogP contribution in [-0.4, -0.2) is 28.8 Å². The van der Waals surface area contributed by atoms with E-state index >= 15 is 0 Å². The van der Waals surface area contributed by atoms with Gasteiger partial charge in [-0.3, -0.25) is 4.79 Å². The Morgan fingerprint density at radius 2 is 1.78 bits per heavy atom. The number of hydrogen-bond donors (Lipinski definition) is 1. The van der Waals surface area contributed by atoms with Crippen LogP contribution in [0.3, 0.4) is 0 Å². The van der Waals surface area contributed by atoms with Gasteiger partial charge in [-0.2, -0.15) is 0 Å². The number of carbonyl (C=O) groups is 1. The van der Waals surface area contributed by atoms with Gasteiger partial charge in [0.1, 0.15) is 5.75 Å². The minimum atomic E-state index is 0.0301. The van der Waals surface area contributed by atoms with E-state index < -0.39 is 0 Å². The standard InChI is InChI=1S/C13H21ClN2.C12H10N2O2/c1-4-16(9-10(2)3)12-6-5-11(8-15)13(14)7-12;1-9(15)10-3-5-11(6-4-10)16-12-13-7-2-8-14-12/h5-7,10H,4,8-9,15H2,1-3H3;2-8H,1H3. The molecule has 3 rings (SSSR count). The number of hydrogen-bond acceptors (Lipinski definition) is 6. The minimum absolute atomic E-state index is 0.0301. The van der Waals surface area contributed by atoms with Crippen molar-refractivity contribution >= 4 is 23.1 Å². The molecule has 32 heavy (non-hydrogen) atoms. The third-order valence-electron chi connectivity index (χ3n) is 4.60. The van der Waals surface area contributed by atoms with Crippen LogP contribution in [0.2, 0.25) is 5.02 Å². The van der Waals surface area contributed by atoms with E-state index in [1.54, 1.807) is 42.7 Å². The van der Waals surface area contributed by atoms with Crippen molar-refractivity contribution in [1.82, 2.24) is 9.97 Å². The first kappa shape index (κ1) is 25.3. The van der Waals surface area contributed by atoms with Gasteiger partial charge in [0.25, 0.3) is 0 Å². The van der Waals surface area contributed by atoms with Crippen molar-refractivity contribution in [2.75, 3.05) is 18.0 Å². The molecule has 0 amide bonds. The zero-order valence-electron chi connectivity index (χ0n) is 19.1. The van der Waals surface area contributed by atoms with Crippen LogP contribution < -0.4 is 15.4 Å². The number of nitrogens with zero attached hydrogens (tertiary/aromatic N) is 3. The Labute approximate surface area is 195 Å². The van der Waals surface area contributed by atoms with E-state index in [0.29, 0.717) is 23.8 Å². The van der Waals surface area contributed by atoms with Gasteiger partial charge < -0.3 is 15.4 Å². The lowest BCUT2D eigenvalue weighted by Gasteiger charge is -2.25. The summed E-state index contributed by atoms with van der Waals surface area (Å²) < 4.78 is 5.38. The number of nitrogens with two attached hydrogens (primary N) is 1. The summed E-state index contributed by atoms with van der Waals surface area (Å²) in [4.78, 5) is 21.2. The number of benzene rings is 2. The summed E-state index contributed by atoms with van der Waals surface area (Å²) in [6.07, 6.45) is 3.21. The summed E-state index contributed by atoms with van der Waals surface area (Å²) in [6, 6.07) is 15.0. The minimum Gasteiger partial charge on any atom is -0.424 e. The van der Waals surface area contributed by atoms with Crippen LogP contribution in [0, 0.1) is 5.92 Å². The van der Waals surface area contributed by atoms with Gasteiger partial charge >= 0.3 is 6.01 Å². The number of ketones is 1. The summed E-state index contributed by atoms with van der Waals surface area (Å²) in [6.45, 7) is 10.7. The Bertz CT molecular complexity index is 979. The van der Waals surface area contributed by atoms with Gasteiger partial charge in [0, 0.05) is 48.3 Å². The molecule has 0 bridgehead atoms. The van der Waals surface area contributed by atoms with Crippen molar-refractivity contribution in [3.63, 3.8) is 0 Å². The van der Waals surface area contributed by atoms with Crippen LogP contribution in [0.5, 0.6) is 11.8 Å². The van der Waals surface area contributed by atoms with E-state index in [2.05, 4.69) is 41.7 Å². The highest BCUT2D eigenvalue weighted by molar-refractivity contribution is 6.31. The van der Waals surface area contributed by atoms with Gasteiger partial charge in [0.2, 0.25) is 0 Å². The van der Waals surface area contributed by atoms with Gasteiger partial charge in [0.05, 0.1) is 0 Å². The molecule has 6 nitrogen and oxygen atoms in total. The van der Waals surface area contributed by atoms with Crippen LogP contribution in [0.15, 0.2) is 60.9 Å². The lowest BCUT2D eigenvalue weighted by molar-refractivity contribution is 0.101. The SMILES string of the molecule is CC(=O)c1ccc(Oc2ncccn2)cc1.CCN(CC(C)C)c1ccc(CN)c(Cl)c1. The van der Waals surface area contributed by atoms with E-state index in [9.17, 15) is 4.79 Å². The summed E-state index contributed by atoms with van der Waals surface area (Å²) in [7, 11) is 0. The Morgan fingerprint density at radius 3 is 2.28 bits per heavy atom. The first-order chi connectivity index (χ1) is 15.3. The fourth-order valence-electron chi connectivity index (χ4n) is 2.96. The second-order valence-corrected chi connectivity index (χ2v) is 8.03. The highest BCUT2D eigenvalue weighted by Gasteiger charge is 2.08. The van der Waals surface area contributed by atoms with E-state index in [0.717, 1.165) is 23.7 Å². The van der Waals surface area contributed by atoms with Crippen molar-refractivity contribution in [3.8, 4) is 11.8 Å². The second-order valence-electron chi connectivity index (χ2n) is 7.63. The third-order valence-corrected chi connectivity index (χ3v) is 4.95. The number of Topliss-reactive ketones (excluding diaryl/α,β-unsaturated/α-hetero) is 1. The lowest BCUT2D eigenvalue weighted by atomic mass is 10.1.